The molecule has 1 saturated heterocycles. The number of anilines is 2. The number of hydrogen-bond acceptors (Lipinski definition) is 4. The van der Waals surface area contributed by atoms with Gasteiger partial charge in [-0.3, -0.25) is 14.4 Å². The molecule has 1 heterocycles. The Kier molecular flexibility index (Phi) is 6.16. The molecule has 0 spiro atoms. The fraction of sp³-hybridized carbons (Fsp3) is 0.318. The molecule has 0 saturated carbocycles. The van der Waals surface area contributed by atoms with Crippen LogP contribution in [0.5, 0.6) is 5.75 Å². The van der Waals surface area contributed by atoms with Crippen LogP contribution in [-0.4, -0.2) is 37.9 Å². The van der Waals surface area contributed by atoms with E-state index in [1.54, 1.807) is 36.2 Å². The summed E-state index contributed by atoms with van der Waals surface area (Å²) in [6, 6.07) is 12.7. The van der Waals surface area contributed by atoms with Crippen molar-refractivity contribution in [3.8, 4) is 5.75 Å². The minimum Gasteiger partial charge on any atom is -0.484 e. The van der Waals surface area contributed by atoms with Crippen LogP contribution in [0, 0.1) is 19.8 Å². The summed E-state index contributed by atoms with van der Waals surface area (Å²) < 4.78 is 5.55. The first-order valence-corrected chi connectivity index (χ1v) is 9.50. The standard InChI is InChI=1S/C22H25N3O4/c1-14-5-4-6-19(15(14)2)24-20(26)13-29-18-9-7-17(8-10-18)25-12-16(11-21(25)27)22(28)23-3/h4-10,16H,11-13H2,1-3H3,(H,23,28)(H,24,26)/t16-/m0/s1. The number of carbonyl (C=O) groups is 3. The molecule has 7 heteroatoms. The van der Waals surface area contributed by atoms with Crippen LogP contribution in [0.4, 0.5) is 11.4 Å². The highest BCUT2D eigenvalue weighted by atomic mass is 16.5. The fourth-order valence-electron chi connectivity index (χ4n) is 3.28. The van der Waals surface area contributed by atoms with Gasteiger partial charge < -0.3 is 20.3 Å². The second-order valence-corrected chi connectivity index (χ2v) is 7.10. The lowest BCUT2D eigenvalue weighted by atomic mass is 10.1. The summed E-state index contributed by atoms with van der Waals surface area (Å²) in [7, 11) is 1.57. The van der Waals surface area contributed by atoms with Crippen LogP contribution in [0.2, 0.25) is 0 Å². The largest absolute Gasteiger partial charge is 0.484 e. The van der Waals surface area contributed by atoms with Gasteiger partial charge in [0.1, 0.15) is 5.75 Å². The van der Waals surface area contributed by atoms with Crippen LogP contribution in [-0.2, 0) is 14.4 Å². The quantitative estimate of drug-likeness (QED) is 0.786. The summed E-state index contributed by atoms with van der Waals surface area (Å²) in [5.41, 5.74) is 3.60. The first kappa shape index (κ1) is 20.4. The van der Waals surface area contributed by atoms with E-state index in [1.165, 1.54) is 0 Å². The molecule has 0 bridgehead atoms. The number of benzene rings is 2. The van der Waals surface area contributed by atoms with Gasteiger partial charge in [0.15, 0.2) is 6.61 Å². The molecule has 152 valence electrons. The molecule has 1 aliphatic heterocycles. The molecule has 3 amide bonds. The molecule has 1 aliphatic rings. The van der Waals surface area contributed by atoms with E-state index in [2.05, 4.69) is 10.6 Å². The topological polar surface area (TPSA) is 87.7 Å². The first-order valence-electron chi connectivity index (χ1n) is 9.50. The molecule has 3 rings (SSSR count). The lowest BCUT2D eigenvalue weighted by Gasteiger charge is -2.17. The molecule has 1 fully saturated rings. The van der Waals surface area contributed by atoms with E-state index >= 15 is 0 Å². The Bertz CT molecular complexity index is 924. The summed E-state index contributed by atoms with van der Waals surface area (Å²) >= 11 is 0. The van der Waals surface area contributed by atoms with Gasteiger partial charge >= 0.3 is 0 Å². The van der Waals surface area contributed by atoms with Gasteiger partial charge in [0, 0.05) is 31.4 Å². The minimum absolute atomic E-state index is 0.0832. The Labute approximate surface area is 170 Å². The van der Waals surface area contributed by atoms with Crippen LogP contribution in [0.25, 0.3) is 0 Å². The van der Waals surface area contributed by atoms with Crippen LogP contribution >= 0.6 is 0 Å². The van der Waals surface area contributed by atoms with Crippen molar-refractivity contribution in [3.63, 3.8) is 0 Å². The zero-order valence-corrected chi connectivity index (χ0v) is 16.8. The van der Waals surface area contributed by atoms with E-state index in [9.17, 15) is 14.4 Å². The molecule has 0 radical (unpaired) electrons. The van der Waals surface area contributed by atoms with Crippen molar-refractivity contribution in [3.05, 3.63) is 53.6 Å². The van der Waals surface area contributed by atoms with Gasteiger partial charge in [0.2, 0.25) is 11.8 Å². The number of nitrogens with zero attached hydrogens (tertiary/aromatic N) is 1. The second-order valence-electron chi connectivity index (χ2n) is 7.10. The van der Waals surface area contributed by atoms with Crippen molar-refractivity contribution in [2.24, 2.45) is 5.92 Å². The van der Waals surface area contributed by atoms with Gasteiger partial charge in [0.25, 0.3) is 5.91 Å². The number of carbonyl (C=O) groups excluding carboxylic acids is 3. The van der Waals surface area contributed by atoms with Crippen molar-refractivity contribution in [2.45, 2.75) is 20.3 Å². The van der Waals surface area contributed by atoms with Crippen molar-refractivity contribution in [1.29, 1.82) is 0 Å². The molecular formula is C22H25N3O4. The Hall–Kier alpha value is -3.35. The summed E-state index contributed by atoms with van der Waals surface area (Å²) in [5, 5.41) is 5.43. The predicted octanol–water partition coefficient (Wildman–Crippen LogP) is 2.42. The fourth-order valence-corrected chi connectivity index (χ4v) is 3.28. The predicted molar refractivity (Wildman–Crippen MR) is 111 cm³/mol. The molecule has 1 atom stereocenters. The molecule has 29 heavy (non-hydrogen) atoms. The molecule has 2 N–H and O–H groups in total. The van der Waals surface area contributed by atoms with E-state index in [0.29, 0.717) is 18.0 Å². The Morgan fingerprint density at radius 2 is 1.86 bits per heavy atom. The first-order chi connectivity index (χ1) is 13.9. The van der Waals surface area contributed by atoms with Gasteiger partial charge in [0.05, 0.1) is 5.92 Å². The number of amides is 3. The molecule has 0 unspecified atom stereocenters. The minimum atomic E-state index is -0.336. The number of nitrogens with one attached hydrogen (secondary N) is 2. The van der Waals surface area contributed by atoms with Gasteiger partial charge in [-0.25, -0.2) is 0 Å². The summed E-state index contributed by atoms with van der Waals surface area (Å²) in [5.74, 6) is -0.265. The van der Waals surface area contributed by atoms with E-state index in [-0.39, 0.29) is 36.7 Å². The van der Waals surface area contributed by atoms with E-state index in [0.717, 1.165) is 16.8 Å². The SMILES string of the molecule is CNC(=O)[C@H]1CC(=O)N(c2ccc(OCC(=O)Nc3cccc(C)c3C)cc2)C1. The zero-order chi connectivity index (χ0) is 21.0. The Morgan fingerprint density at radius 3 is 2.55 bits per heavy atom. The third-order valence-corrected chi connectivity index (χ3v) is 5.14. The van der Waals surface area contributed by atoms with Crippen molar-refractivity contribution in [2.75, 3.05) is 30.4 Å². The van der Waals surface area contributed by atoms with Crippen LogP contribution < -0.4 is 20.3 Å². The van der Waals surface area contributed by atoms with E-state index < -0.39 is 0 Å². The second kappa shape index (κ2) is 8.77. The maximum atomic E-state index is 12.2. The number of rotatable bonds is 6. The molecule has 7 nitrogen and oxygen atoms in total. The van der Waals surface area contributed by atoms with Crippen LogP contribution in [0.3, 0.4) is 0 Å². The Morgan fingerprint density at radius 1 is 1.14 bits per heavy atom. The highest BCUT2D eigenvalue weighted by Crippen LogP contribution is 2.27. The maximum absolute atomic E-state index is 12.2. The van der Waals surface area contributed by atoms with E-state index in [4.69, 9.17) is 4.74 Å². The van der Waals surface area contributed by atoms with Crippen LogP contribution in [0.15, 0.2) is 42.5 Å². The molecule has 2 aromatic carbocycles. The summed E-state index contributed by atoms with van der Waals surface area (Å²) in [6.07, 6.45) is 0.205. The van der Waals surface area contributed by atoms with Gasteiger partial charge in [-0.1, -0.05) is 12.1 Å². The maximum Gasteiger partial charge on any atom is 0.262 e. The highest BCUT2D eigenvalue weighted by molar-refractivity contribution is 6.00. The summed E-state index contributed by atoms with van der Waals surface area (Å²) in [4.78, 5) is 37.7. The normalized spacial score (nSPS) is 15.9. The summed E-state index contributed by atoms with van der Waals surface area (Å²) in [6.45, 7) is 4.19. The highest BCUT2D eigenvalue weighted by Gasteiger charge is 2.34. The van der Waals surface area contributed by atoms with Gasteiger partial charge in [-0.05, 0) is 55.3 Å². The smallest absolute Gasteiger partial charge is 0.262 e. The number of aryl methyl sites for hydroxylation is 1. The lowest BCUT2D eigenvalue weighted by molar-refractivity contribution is -0.125. The van der Waals surface area contributed by atoms with Gasteiger partial charge in [-0.2, -0.15) is 0 Å². The third-order valence-electron chi connectivity index (χ3n) is 5.14. The van der Waals surface area contributed by atoms with Crippen LogP contribution in [0.1, 0.15) is 17.5 Å². The van der Waals surface area contributed by atoms with Crippen molar-refractivity contribution >= 4 is 29.1 Å². The average Bonchev–Trinajstić information content (AvgIpc) is 3.11. The molecule has 0 aliphatic carbocycles. The zero-order valence-electron chi connectivity index (χ0n) is 16.8. The number of ether oxygens (including phenoxy) is 1. The van der Waals surface area contributed by atoms with Gasteiger partial charge in [-0.15, -0.1) is 0 Å². The number of hydrogen-bond donors (Lipinski definition) is 2. The van der Waals surface area contributed by atoms with Crippen molar-refractivity contribution < 1.29 is 19.1 Å². The lowest BCUT2D eigenvalue weighted by Crippen LogP contribution is -2.30. The van der Waals surface area contributed by atoms with E-state index in [1.807, 2.05) is 32.0 Å². The monoisotopic (exact) mass is 395 g/mol. The molecule has 0 aromatic heterocycles. The Balaban J connectivity index is 1.55. The molecular weight excluding hydrogens is 370 g/mol. The average molecular weight is 395 g/mol. The molecule has 2 aromatic rings. The van der Waals surface area contributed by atoms with Crippen molar-refractivity contribution in [1.82, 2.24) is 5.32 Å². The third kappa shape index (κ3) is 4.74.